The summed E-state index contributed by atoms with van der Waals surface area (Å²) in [5.74, 6) is 0. The second-order valence-electron chi connectivity index (χ2n) is 16.1. The molecule has 84 heavy (non-hydrogen) atoms. The van der Waals surface area contributed by atoms with E-state index in [0.29, 0.717) is 183 Å². The molecule has 0 rings (SSSR count). The number of rotatable bonds is 59. The second kappa shape index (κ2) is 71.0. The number of ether oxygens (including phenoxy) is 6. The van der Waals surface area contributed by atoms with Gasteiger partial charge in [0, 0.05) is 65.4 Å². The monoisotopic (exact) mass is 1190 g/mol. The molecule has 0 saturated heterocycles. The van der Waals surface area contributed by atoms with Crippen LogP contribution in [0.1, 0.15) is 38.5 Å². The van der Waals surface area contributed by atoms with Crippen LogP contribution in [0.4, 0.5) is 0 Å². The van der Waals surface area contributed by atoms with E-state index in [4.69, 9.17) is 28.4 Å². The zero-order chi connectivity index (χ0) is 64.0. The lowest BCUT2D eigenvalue weighted by atomic mass is 10.2. The number of hydrogen-bond donors (Lipinski definition) is 0. The summed E-state index contributed by atoms with van der Waals surface area (Å²) in [6.07, 6.45) is 27.5. The zero-order valence-electron chi connectivity index (χ0n) is 49.4. The summed E-state index contributed by atoms with van der Waals surface area (Å²) in [5.41, 5.74) is 0. The number of hydrogen-bond acceptors (Lipinski definition) is 16. The van der Waals surface area contributed by atoms with Gasteiger partial charge >= 0.3 is 0 Å². The third-order valence-corrected chi connectivity index (χ3v) is 10.4. The predicted octanol–water partition coefficient (Wildman–Crippen LogP) is 3.39. The van der Waals surface area contributed by atoms with Crippen molar-refractivity contribution in [3.05, 3.63) is 128 Å². The van der Waals surface area contributed by atoms with Gasteiger partial charge in [0.1, 0.15) is 0 Å². The normalized spacial score (nSPS) is 9.38. The first-order chi connectivity index (χ1) is 40.9. The molecule has 26 nitrogen and oxygen atoms in total. The summed E-state index contributed by atoms with van der Waals surface area (Å²) in [6.45, 7) is 45.7. The van der Waals surface area contributed by atoms with Gasteiger partial charge in [0.25, 0.3) is 0 Å². The summed E-state index contributed by atoms with van der Waals surface area (Å²) in [6, 6.07) is 0. The minimum absolute atomic E-state index is 0.411. The van der Waals surface area contributed by atoms with Crippen molar-refractivity contribution in [2.24, 2.45) is 0 Å². The summed E-state index contributed by atoms with van der Waals surface area (Å²) < 4.78 is 31.6. The Labute approximate surface area is 499 Å². The molecule has 0 aliphatic carbocycles. The molecule has 26 heteroatoms. The molecule has 474 valence electrons. The molecule has 0 bridgehead atoms. The molecule has 0 fully saturated rings. The summed E-state index contributed by atoms with van der Waals surface area (Å²) >= 11 is 0. The first-order valence-electron chi connectivity index (χ1n) is 26.7. The van der Waals surface area contributed by atoms with Crippen molar-refractivity contribution in [1.29, 1.82) is 0 Å². The quantitative estimate of drug-likeness (QED) is 0.0625. The summed E-state index contributed by atoms with van der Waals surface area (Å²) in [5, 5.41) is 0. The third-order valence-electron chi connectivity index (χ3n) is 10.4. The Bertz CT molecular complexity index is 1580. The number of carbonyl (C=O) groups excluding carboxylic acids is 10. The first-order valence-corrected chi connectivity index (χ1v) is 26.7. The molecule has 0 unspecified atom stereocenters. The highest BCUT2D eigenvalue weighted by Crippen LogP contribution is 2.03. The van der Waals surface area contributed by atoms with Gasteiger partial charge in [0.15, 0.2) is 0 Å². The van der Waals surface area contributed by atoms with Gasteiger partial charge in [-0.3, -0.25) is 47.9 Å². The molecule has 0 radical (unpaired) electrons. The SMILES string of the molecule is C=CN(C=O)CCCCCCN(C=C)C=O.C=CN(C=O)CCCCN(C=C)C=O.C=CN(C=O)CCOCCN(C=C)C=O.C=CN(C=O)CCOCCOCCN(C=C)C=O.C=CN(C=O)CCOCCOCCOCCN(C=C)C=O. The molecule has 0 heterocycles. The van der Waals surface area contributed by atoms with Gasteiger partial charge in [-0.15, -0.1) is 0 Å². The van der Waals surface area contributed by atoms with E-state index in [-0.39, 0.29) is 0 Å². The highest BCUT2D eigenvalue weighted by molar-refractivity contribution is 5.51. The van der Waals surface area contributed by atoms with Gasteiger partial charge in [-0.2, -0.15) is 0 Å². The van der Waals surface area contributed by atoms with Crippen LogP contribution in [0.15, 0.2) is 128 Å². The lowest BCUT2D eigenvalue weighted by molar-refractivity contribution is -0.117. The van der Waals surface area contributed by atoms with Crippen molar-refractivity contribution in [3.8, 4) is 0 Å². The van der Waals surface area contributed by atoms with Crippen LogP contribution in [0, 0.1) is 0 Å². The van der Waals surface area contributed by atoms with Crippen molar-refractivity contribution in [1.82, 2.24) is 49.0 Å². The Hall–Kier alpha value is -8.14. The molecule has 0 aliphatic rings. The topological polar surface area (TPSA) is 258 Å². The molecule has 0 aromatic rings. The van der Waals surface area contributed by atoms with E-state index in [9.17, 15) is 47.9 Å². The zero-order valence-corrected chi connectivity index (χ0v) is 49.4. The third kappa shape index (κ3) is 60.0. The molecule has 10 amide bonds. The van der Waals surface area contributed by atoms with Crippen LogP contribution in [-0.4, -0.2) is 258 Å². The van der Waals surface area contributed by atoms with Gasteiger partial charge in [0.05, 0.1) is 79.3 Å². The maximum atomic E-state index is 10.4. The second-order valence-corrected chi connectivity index (χ2v) is 16.1. The molecule has 0 aromatic carbocycles. The Balaban J connectivity index is -0.000000312. The Morgan fingerprint density at radius 2 is 0.298 bits per heavy atom. The van der Waals surface area contributed by atoms with Crippen molar-refractivity contribution < 1.29 is 76.4 Å². The van der Waals surface area contributed by atoms with Crippen LogP contribution in [0.2, 0.25) is 0 Å². The first kappa shape index (κ1) is 84.7. The van der Waals surface area contributed by atoms with E-state index >= 15 is 0 Å². The number of nitrogens with zero attached hydrogens (tertiary/aromatic N) is 10. The number of carbonyl (C=O) groups is 10. The fourth-order valence-corrected chi connectivity index (χ4v) is 5.39. The van der Waals surface area contributed by atoms with Gasteiger partial charge in [-0.1, -0.05) is 78.6 Å². The summed E-state index contributed by atoms with van der Waals surface area (Å²) in [7, 11) is 0. The Morgan fingerprint density at radius 3 is 0.440 bits per heavy atom. The highest BCUT2D eigenvalue weighted by Gasteiger charge is 2.03. The minimum atomic E-state index is 0.411. The Kier molecular flexibility index (Phi) is 71.5. The van der Waals surface area contributed by atoms with E-state index in [0.717, 1.165) is 64.2 Å². The summed E-state index contributed by atoms with van der Waals surface area (Å²) in [4.78, 5) is 118. The largest absolute Gasteiger partial charge is 0.378 e. The predicted molar refractivity (Wildman–Crippen MR) is 322 cm³/mol. The molecule has 0 saturated carbocycles. The van der Waals surface area contributed by atoms with Gasteiger partial charge < -0.3 is 77.4 Å². The van der Waals surface area contributed by atoms with Crippen LogP contribution < -0.4 is 0 Å². The maximum absolute atomic E-state index is 10.4. The number of amides is 10. The molecular weight excluding hydrogens is 1090 g/mol. The van der Waals surface area contributed by atoms with E-state index in [1.165, 1.54) is 111 Å². The lowest BCUT2D eigenvalue weighted by Gasteiger charge is -2.13. The average molecular weight is 1190 g/mol. The van der Waals surface area contributed by atoms with Crippen molar-refractivity contribution in [2.45, 2.75) is 38.5 Å². The average Bonchev–Trinajstić information content (AvgIpc) is 3.53. The fourth-order valence-electron chi connectivity index (χ4n) is 5.39. The molecule has 0 N–H and O–H groups in total. The lowest BCUT2D eigenvalue weighted by Crippen LogP contribution is -2.24. The molecule has 0 spiro atoms. The van der Waals surface area contributed by atoms with E-state index in [1.54, 1.807) is 0 Å². The van der Waals surface area contributed by atoms with E-state index in [1.807, 2.05) is 0 Å². The van der Waals surface area contributed by atoms with Crippen LogP contribution in [0.5, 0.6) is 0 Å². The fraction of sp³-hybridized carbons (Fsp3) is 0.483. The van der Waals surface area contributed by atoms with Crippen LogP contribution >= 0.6 is 0 Å². The molecule has 0 aromatic heterocycles. The smallest absolute Gasteiger partial charge is 0.213 e. The van der Waals surface area contributed by atoms with Gasteiger partial charge in [-0.05, 0) is 87.7 Å². The molecular formula is C58H96N10O16. The number of unbranched alkanes of at least 4 members (excludes halogenated alkanes) is 4. The van der Waals surface area contributed by atoms with Crippen molar-refractivity contribution in [3.63, 3.8) is 0 Å². The molecule has 0 atom stereocenters. The van der Waals surface area contributed by atoms with Crippen LogP contribution in [0.3, 0.4) is 0 Å². The van der Waals surface area contributed by atoms with Crippen LogP contribution in [-0.2, 0) is 76.4 Å². The Morgan fingerprint density at radius 1 is 0.179 bits per heavy atom. The van der Waals surface area contributed by atoms with Crippen molar-refractivity contribution >= 4 is 64.1 Å². The van der Waals surface area contributed by atoms with Crippen LogP contribution in [0.25, 0.3) is 0 Å². The minimum Gasteiger partial charge on any atom is -0.378 e. The standard InChI is InChI=1S/C14H24N2O5.C12H20N2O4.C12H20N2O2.C10H16N2O3.C10H16N2O2/c1-3-15(13-17)5-7-19-9-11-21-12-10-20-8-6-16(4-2)14-18;1-3-13(11-15)5-7-17-9-10-18-8-6-14(4-2)12-16;1-3-13(11-15)9-7-5-6-8-10-14(4-2)12-16;1-3-11(9-13)5-7-15-8-6-12(4-2)10-14;1-3-11(9-13)7-5-6-8-12(4-2)10-14/h3-4,13-14H,1-2,5-12H2;3-4,11-12H,1-2,5-10H2;3-4,11-12H,1-2,5-10H2;3-4,9-10H,1-2,5-8H2;3-4,9-10H,1-2,5-8H2. The maximum Gasteiger partial charge on any atom is 0.213 e. The van der Waals surface area contributed by atoms with Gasteiger partial charge in [0.2, 0.25) is 64.1 Å². The van der Waals surface area contributed by atoms with Crippen molar-refractivity contribution in [2.75, 3.05) is 145 Å². The highest BCUT2D eigenvalue weighted by atomic mass is 16.5. The molecule has 0 aliphatic heterocycles. The van der Waals surface area contributed by atoms with E-state index in [2.05, 4.69) is 65.8 Å². The van der Waals surface area contributed by atoms with E-state index < -0.39 is 0 Å². The van der Waals surface area contributed by atoms with Gasteiger partial charge in [-0.25, -0.2) is 0 Å².